The molecule has 0 N–H and O–H groups in total. The minimum absolute atomic E-state index is 0.0132. The molecule has 5 nitrogen and oxygen atoms in total. The minimum Gasteiger partial charge on any atom is -0.465 e. The summed E-state index contributed by atoms with van der Waals surface area (Å²) in [5.74, 6) is -0.358. The van der Waals surface area contributed by atoms with Gasteiger partial charge in [0, 0.05) is 12.3 Å². The number of allylic oxidation sites excluding steroid dienone is 4. The number of nitrogens with zero attached hydrogens (tertiary/aromatic N) is 1. The zero-order chi connectivity index (χ0) is 24.6. The molecule has 0 saturated carbocycles. The van der Waals surface area contributed by atoms with Crippen molar-refractivity contribution in [3.63, 3.8) is 0 Å². The minimum atomic E-state index is -0.220. The molecule has 0 saturated heterocycles. The summed E-state index contributed by atoms with van der Waals surface area (Å²) < 4.78 is 10.6. The number of ether oxygens (including phenoxy) is 2. The molecule has 0 aliphatic rings. The van der Waals surface area contributed by atoms with E-state index in [0.717, 1.165) is 45.2 Å². The molecule has 5 heteroatoms. The highest BCUT2D eigenvalue weighted by molar-refractivity contribution is 5.71. The lowest BCUT2D eigenvalue weighted by Crippen LogP contribution is -2.31. The van der Waals surface area contributed by atoms with Crippen LogP contribution in [0.15, 0.2) is 24.3 Å². The number of hydrogen-bond donors (Lipinski definition) is 0. The summed E-state index contributed by atoms with van der Waals surface area (Å²) in [7, 11) is 0. The zero-order valence-electron chi connectivity index (χ0n) is 22.0. The average molecular weight is 466 g/mol. The number of likely N-dealkylation sites (N-methyl/N-ethyl adjacent to an activating group) is 1. The van der Waals surface area contributed by atoms with E-state index in [1.54, 1.807) is 0 Å². The largest absolute Gasteiger partial charge is 0.465 e. The van der Waals surface area contributed by atoms with Crippen LogP contribution in [-0.4, -0.2) is 49.7 Å². The van der Waals surface area contributed by atoms with Gasteiger partial charge < -0.3 is 9.47 Å². The molecule has 0 aliphatic heterocycles. The standard InChI is InChI=1S/C28H51NO4/c1-5-8-9-10-11-12-13-14-15-16-17-18-19-20-21-22-27(30)32-24-26(4)25-33-28(31)23-29(6-2)7-3/h11-12,14-15,26H,5-10,13,16-25H2,1-4H3/b12-11-,15-14-. The van der Waals surface area contributed by atoms with Crippen molar-refractivity contribution in [1.82, 2.24) is 4.90 Å². The van der Waals surface area contributed by atoms with Crippen LogP contribution in [0, 0.1) is 5.92 Å². The smallest absolute Gasteiger partial charge is 0.320 e. The fourth-order valence-corrected chi connectivity index (χ4v) is 3.35. The van der Waals surface area contributed by atoms with Crippen LogP contribution in [0.3, 0.4) is 0 Å². The lowest BCUT2D eigenvalue weighted by Gasteiger charge is -2.18. The van der Waals surface area contributed by atoms with Gasteiger partial charge in [-0.3, -0.25) is 14.5 Å². The third kappa shape index (κ3) is 22.0. The molecule has 1 atom stereocenters. The van der Waals surface area contributed by atoms with Gasteiger partial charge in [0.15, 0.2) is 0 Å². The molecular weight excluding hydrogens is 414 g/mol. The van der Waals surface area contributed by atoms with E-state index >= 15 is 0 Å². The van der Waals surface area contributed by atoms with E-state index in [9.17, 15) is 9.59 Å². The van der Waals surface area contributed by atoms with Gasteiger partial charge in [0.25, 0.3) is 0 Å². The van der Waals surface area contributed by atoms with Crippen LogP contribution in [0.2, 0.25) is 0 Å². The second-order valence-electron chi connectivity index (χ2n) is 8.91. The Kier molecular flexibility index (Phi) is 22.4. The normalized spacial score (nSPS) is 12.6. The summed E-state index contributed by atoms with van der Waals surface area (Å²) in [6, 6.07) is 0. The van der Waals surface area contributed by atoms with Crippen molar-refractivity contribution in [3.05, 3.63) is 24.3 Å². The van der Waals surface area contributed by atoms with Gasteiger partial charge in [0.05, 0.1) is 19.8 Å². The number of esters is 2. The molecule has 0 bridgehead atoms. The van der Waals surface area contributed by atoms with E-state index in [1.165, 1.54) is 38.5 Å². The van der Waals surface area contributed by atoms with Crippen LogP contribution in [-0.2, 0) is 19.1 Å². The molecule has 0 aliphatic carbocycles. The van der Waals surface area contributed by atoms with Crippen molar-refractivity contribution in [3.8, 4) is 0 Å². The maximum Gasteiger partial charge on any atom is 0.320 e. The van der Waals surface area contributed by atoms with Gasteiger partial charge >= 0.3 is 11.9 Å². The number of hydrogen-bond acceptors (Lipinski definition) is 5. The van der Waals surface area contributed by atoms with Crippen LogP contribution < -0.4 is 0 Å². The molecular formula is C28H51NO4. The van der Waals surface area contributed by atoms with Gasteiger partial charge in [-0.25, -0.2) is 0 Å². The SMILES string of the molecule is CCCCC/C=C\C/C=C\CCCCCCCC(=O)OCC(C)COC(=O)CN(CC)CC. The highest BCUT2D eigenvalue weighted by Gasteiger charge is 2.12. The molecule has 0 aromatic carbocycles. The highest BCUT2D eigenvalue weighted by atomic mass is 16.5. The molecule has 0 amide bonds. The predicted octanol–water partition coefficient (Wildman–Crippen LogP) is 6.86. The maximum absolute atomic E-state index is 11.9. The van der Waals surface area contributed by atoms with Gasteiger partial charge in [-0.15, -0.1) is 0 Å². The maximum atomic E-state index is 11.9. The number of unbranched alkanes of at least 4 members (excludes halogenated alkanes) is 8. The Morgan fingerprint density at radius 1 is 0.727 bits per heavy atom. The summed E-state index contributed by atoms with van der Waals surface area (Å²) in [5.41, 5.74) is 0. The Hall–Kier alpha value is -1.62. The van der Waals surface area contributed by atoms with Crippen LogP contribution >= 0.6 is 0 Å². The second kappa shape index (κ2) is 23.5. The van der Waals surface area contributed by atoms with Gasteiger partial charge in [0.2, 0.25) is 0 Å². The first-order valence-electron chi connectivity index (χ1n) is 13.4. The van der Waals surface area contributed by atoms with E-state index in [4.69, 9.17) is 9.47 Å². The molecule has 0 radical (unpaired) electrons. The Bertz CT molecular complexity index is 526. The van der Waals surface area contributed by atoms with Gasteiger partial charge in [-0.2, -0.15) is 0 Å². The van der Waals surface area contributed by atoms with Crippen LogP contribution in [0.25, 0.3) is 0 Å². The summed E-state index contributed by atoms with van der Waals surface area (Å²) in [5, 5.41) is 0. The first kappa shape index (κ1) is 31.4. The Morgan fingerprint density at radius 3 is 1.88 bits per heavy atom. The third-order valence-corrected chi connectivity index (χ3v) is 5.64. The van der Waals surface area contributed by atoms with E-state index in [-0.39, 0.29) is 24.5 Å². The first-order valence-corrected chi connectivity index (χ1v) is 13.4. The van der Waals surface area contributed by atoms with Crippen molar-refractivity contribution in [1.29, 1.82) is 0 Å². The van der Waals surface area contributed by atoms with Crippen LogP contribution in [0.4, 0.5) is 0 Å². The van der Waals surface area contributed by atoms with Gasteiger partial charge in [0.1, 0.15) is 0 Å². The third-order valence-electron chi connectivity index (χ3n) is 5.64. The van der Waals surface area contributed by atoms with Crippen LogP contribution in [0.1, 0.15) is 105 Å². The van der Waals surface area contributed by atoms with E-state index < -0.39 is 0 Å². The average Bonchev–Trinajstić information content (AvgIpc) is 2.82. The second-order valence-corrected chi connectivity index (χ2v) is 8.91. The summed E-state index contributed by atoms with van der Waals surface area (Å²) >= 11 is 0. The number of carbonyl (C=O) groups is 2. The number of carbonyl (C=O) groups excluding carboxylic acids is 2. The molecule has 0 fully saturated rings. The van der Waals surface area contributed by atoms with Gasteiger partial charge in [-0.05, 0) is 51.6 Å². The summed E-state index contributed by atoms with van der Waals surface area (Å²) in [6.07, 6.45) is 22.5. The van der Waals surface area contributed by atoms with Crippen molar-refractivity contribution in [2.75, 3.05) is 32.8 Å². The van der Waals surface area contributed by atoms with E-state index in [1.807, 2.05) is 25.7 Å². The van der Waals surface area contributed by atoms with Crippen molar-refractivity contribution in [2.45, 2.75) is 105 Å². The van der Waals surface area contributed by atoms with Crippen molar-refractivity contribution < 1.29 is 19.1 Å². The molecule has 192 valence electrons. The molecule has 33 heavy (non-hydrogen) atoms. The lowest BCUT2D eigenvalue weighted by atomic mass is 10.1. The molecule has 1 unspecified atom stereocenters. The Balaban J connectivity index is 3.55. The molecule has 0 spiro atoms. The molecule has 0 aromatic heterocycles. The van der Waals surface area contributed by atoms with Crippen LogP contribution in [0.5, 0.6) is 0 Å². The summed E-state index contributed by atoms with van der Waals surface area (Å²) in [6.45, 7) is 10.8. The first-order chi connectivity index (χ1) is 16.0. The molecule has 0 rings (SSSR count). The predicted molar refractivity (Wildman–Crippen MR) is 138 cm³/mol. The summed E-state index contributed by atoms with van der Waals surface area (Å²) in [4.78, 5) is 25.7. The topological polar surface area (TPSA) is 55.8 Å². The quantitative estimate of drug-likeness (QED) is 0.0992. The zero-order valence-corrected chi connectivity index (χ0v) is 22.0. The Labute approximate surface area is 204 Å². The fourth-order valence-electron chi connectivity index (χ4n) is 3.35. The monoisotopic (exact) mass is 465 g/mol. The Morgan fingerprint density at radius 2 is 1.27 bits per heavy atom. The lowest BCUT2D eigenvalue weighted by molar-refractivity contribution is -0.149. The highest BCUT2D eigenvalue weighted by Crippen LogP contribution is 2.09. The fraction of sp³-hybridized carbons (Fsp3) is 0.786. The van der Waals surface area contributed by atoms with E-state index in [2.05, 4.69) is 31.2 Å². The van der Waals surface area contributed by atoms with E-state index in [0.29, 0.717) is 19.6 Å². The molecule has 0 heterocycles. The van der Waals surface area contributed by atoms with Crippen molar-refractivity contribution >= 4 is 11.9 Å². The van der Waals surface area contributed by atoms with Crippen molar-refractivity contribution in [2.24, 2.45) is 5.92 Å². The molecule has 0 aromatic rings. The number of rotatable bonds is 22. The van der Waals surface area contributed by atoms with Gasteiger partial charge in [-0.1, -0.05) is 84.1 Å².